The van der Waals surface area contributed by atoms with Gasteiger partial charge in [0.2, 0.25) is 0 Å². The Hall–Kier alpha value is -2.43. The minimum Gasteiger partial charge on any atom is -0.464 e. The van der Waals surface area contributed by atoms with Crippen LogP contribution in [0.15, 0.2) is 36.5 Å². The summed E-state index contributed by atoms with van der Waals surface area (Å²) in [5, 5.41) is 4.03. The van der Waals surface area contributed by atoms with Crippen LogP contribution in [-0.4, -0.2) is 29.1 Å². The van der Waals surface area contributed by atoms with Crippen molar-refractivity contribution in [3.05, 3.63) is 47.8 Å². The number of carbonyl (C=O) groups excluding carboxylic acids is 2. The number of aldehydes is 1. The number of rotatable bonds is 3. The molecule has 0 N–H and O–H groups in total. The summed E-state index contributed by atoms with van der Waals surface area (Å²) in [5.41, 5.74) is 0.998. The van der Waals surface area contributed by atoms with E-state index < -0.39 is 5.97 Å². The predicted octanol–water partition coefficient (Wildman–Crippen LogP) is 1.47. The molecule has 0 aliphatic heterocycles. The van der Waals surface area contributed by atoms with Crippen LogP contribution in [0.2, 0.25) is 0 Å². The summed E-state index contributed by atoms with van der Waals surface area (Å²) in [4.78, 5) is 22.2. The van der Waals surface area contributed by atoms with E-state index in [4.69, 9.17) is 0 Å². The maximum Gasteiger partial charge on any atom is 0.359 e. The fourth-order valence-electron chi connectivity index (χ4n) is 1.44. The average molecular weight is 230 g/mol. The third-order valence-corrected chi connectivity index (χ3v) is 2.27. The molecule has 0 radical (unpaired) electrons. The summed E-state index contributed by atoms with van der Waals surface area (Å²) < 4.78 is 6.02. The first-order chi connectivity index (χ1) is 8.26. The molecule has 0 aliphatic carbocycles. The third kappa shape index (κ3) is 2.08. The Morgan fingerprint density at radius 1 is 1.35 bits per heavy atom. The van der Waals surface area contributed by atoms with Crippen molar-refractivity contribution in [1.29, 1.82) is 0 Å². The van der Waals surface area contributed by atoms with Gasteiger partial charge in [0.15, 0.2) is 12.0 Å². The lowest BCUT2D eigenvalue weighted by Crippen LogP contribution is -2.05. The SMILES string of the molecule is COC(=O)c1nn(-c2ccccc2)cc1C=O. The second kappa shape index (κ2) is 4.61. The predicted molar refractivity (Wildman–Crippen MR) is 60.3 cm³/mol. The molecule has 1 aromatic heterocycles. The maximum atomic E-state index is 11.4. The van der Waals surface area contributed by atoms with Crippen molar-refractivity contribution in [2.75, 3.05) is 7.11 Å². The number of aromatic nitrogens is 2. The van der Waals surface area contributed by atoms with Crippen LogP contribution < -0.4 is 0 Å². The van der Waals surface area contributed by atoms with E-state index >= 15 is 0 Å². The highest BCUT2D eigenvalue weighted by Gasteiger charge is 2.17. The van der Waals surface area contributed by atoms with Crippen LogP contribution in [0, 0.1) is 0 Å². The molecule has 0 saturated heterocycles. The van der Waals surface area contributed by atoms with Crippen LogP contribution in [0.25, 0.3) is 5.69 Å². The molecule has 2 aromatic rings. The molecule has 0 fully saturated rings. The van der Waals surface area contributed by atoms with Crippen LogP contribution in [0.3, 0.4) is 0 Å². The summed E-state index contributed by atoms with van der Waals surface area (Å²) in [6, 6.07) is 9.20. The van der Waals surface area contributed by atoms with Crippen molar-refractivity contribution in [2.45, 2.75) is 0 Å². The number of carbonyl (C=O) groups is 2. The minimum atomic E-state index is -0.623. The van der Waals surface area contributed by atoms with Crippen LogP contribution in [0.5, 0.6) is 0 Å². The minimum absolute atomic E-state index is 0.0198. The van der Waals surface area contributed by atoms with Crippen molar-refractivity contribution in [3.63, 3.8) is 0 Å². The number of hydrogen-bond acceptors (Lipinski definition) is 4. The van der Waals surface area contributed by atoms with Gasteiger partial charge in [0.25, 0.3) is 0 Å². The molecule has 17 heavy (non-hydrogen) atoms. The summed E-state index contributed by atoms with van der Waals surface area (Å²) in [6.45, 7) is 0. The number of benzene rings is 1. The van der Waals surface area contributed by atoms with Crippen molar-refractivity contribution < 1.29 is 14.3 Å². The molecule has 0 bridgehead atoms. The van der Waals surface area contributed by atoms with Crippen molar-refractivity contribution in [3.8, 4) is 5.69 Å². The number of methoxy groups -OCH3 is 1. The summed E-state index contributed by atoms with van der Waals surface area (Å²) in [6.07, 6.45) is 2.08. The fraction of sp³-hybridized carbons (Fsp3) is 0.0833. The molecule has 0 unspecified atom stereocenters. The van der Waals surface area contributed by atoms with E-state index in [-0.39, 0.29) is 11.3 Å². The normalized spacial score (nSPS) is 9.94. The number of ether oxygens (including phenoxy) is 1. The topological polar surface area (TPSA) is 61.2 Å². The molecule has 5 heteroatoms. The number of hydrogen-bond donors (Lipinski definition) is 0. The zero-order valence-corrected chi connectivity index (χ0v) is 9.16. The van der Waals surface area contributed by atoms with E-state index in [1.165, 1.54) is 18.0 Å². The Morgan fingerprint density at radius 2 is 2.06 bits per heavy atom. The molecular formula is C12H10N2O3. The molecule has 5 nitrogen and oxygen atoms in total. The molecular weight excluding hydrogens is 220 g/mol. The molecule has 1 heterocycles. The van der Waals surface area contributed by atoms with Crippen LogP contribution >= 0.6 is 0 Å². The van der Waals surface area contributed by atoms with Crippen molar-refractivity contribution in [1.82, 2.24) is 9.78 Å². The van der Waals surface area contributed by atoms with E-state index in [1.807, 2.05) is 30.3 Å². The zero-order chi connectivity index (χ0) is 12.3. The molecule has 0 amide bonds. The Kier molecular flexibility index (Phi) is 3.00. The Bertz CT molecular complexity index is 546. The van der Waals surface area contributed by atoms with Crippen LogP contribution in [-0.2, 0) is 4.74 Å². The monoisotopic (exact) mass is 230 g/mol. The highest BCUT2D eigenvalue weighted by atomic mass is 16.5. The Labute approximate surface area is 97.6 Å². The van der Waals surface area contributed by atoms with E-state index in [0.29, 0.717) is 6.29 Å². The first-order valence-electron chi connectivity index (χ1n) is 4.95. The molecule has 0 saturated carbocycles. The average Bonchev–Trinajstić information content (AvgIpc) is 2.83. The number of nitrogens with zero attached hydrogens (tertiary/aromatic N) is 2. The zero-order valence-electron chi connectivity index (χ0n) is 9.16. The van der Waals surface area contributed by atoms with Gasteiger partial charge < -0.3 is 4.74 Å². The molecule has 0 spiro atoms. The molecule has 86 valence electrons. The van der Waals surface area contributed by atoms with Gasteiger partial charge in [0.05, 0.1) is 18.4 Å². The smallest absolute Gasteiger partial charge is 0.359 e. The Balaban J connectivity index is 2.48. The van der Waals surface area contributed by atoms with Gasteiger partial charge in [-0.25, -0.2) is 9.48 Å². The van der Waals surface area contributed by atoms with Crippen LogP contribution in [0.4, 0.5) is 0 Å². The summed E-state index contributed by atoms with van der Waals surface area (Å²) in [7, 11) is 1.25. The van der Waals surface area contributed by atoms with E-state index in [0.717, 1.165) is 5.69 Å². The van der Waals surface area contributed by atoms with Crippen molar-refractivity contribution >= 4 is 12.3 Å². The van der Waals surface area contributed by atoms with Gasteiger partial charge in [0.1, 0.15) is 0 Å². The van der Waals surface area contributed by atoms with E-state index in [2.05, 4.69) is 9.84 Å². The van der Waals surface area contributed by atoms with Gasteiger partial charge in [-0.2, -0.15) is 5.10 Å². The first kappa shape index (κ1) is 11.1. The summed E-state index contributed by atoms with van der Waals surface area (Å²) in [5.74, 6) is -0.623. The fourth-order valence-corrected chi connectivity index (χ4v) is 1.44. The van der Waals surface area contributed by atoms with Gasteiger partial charge in [-0.3, -0.25) is 4.79 Å². The highest BCUT2D eigenvalue weighted by Crippen LogP contribution is 2.11. The van der Waals surface area contributed by atoms with Gasteiger partial charge in [0, 0.05) is 6.20 Å². The van der Waals surface area contributed by atoms with Crippen LogP contribution in [0.1, 0.15) is 20.8 Å². The molecule has 0 aliphatic rings. The third-order valence-electron chi connectivity index (χ3n) is 2.27. The lowest BCUT2D eigenvalue weighted by atomic mass is 10.3. The van der Waals surface area contributed by atoms with Gasteiger partial charge in [-0.05, 0) is 12.1 Å². The van der Waals surface area contributed by atoms with Gasteiger partial charge in [-0.15, -0.1) is 0 Å². The Morgan fingerprint density at radius 3 is 2.65 bits per heavy atom. The summed E-state index contributed by atoms with van der Waals surface area (Å²) >= 11 is 0. The number of esters is 1. The standard InChI is InChI=1S/C12H10N2O3/c1-17-12(16)11-9(8-15)7-14(13-11)10-5-3-2-4-6-10/h2-8H,1H3. The first-order valence-corrected chi connectivity index (χ1v) is 4.95. The van der Waals surface area contributed by atoms with E-state index in [1.54, 1.807) is 0 Å². The second-order valence-electron chi connectivity index (χ2n) is 3.32. The van der Waals surface area contributed by atoms with Crippen molar-refractivity contribution in [2.24, 2.45) is 0 Å². The second-order valence-corrected chi connectivity index (χ2v) is 3.32. The highest BCUT2D eigenvalue weighted by molar-refractivity contribution is 5.96. The lowest BCUT2D eigenvalue weighted by Gasteiger charge is -1.99. The quantitative estimate of drug-likeness (QED) is 0.591. The lowest BCUT2D eigenvalue weighted by molar-refractivity contribution is 0.0591. The largest absolute Gasteiger partial charge is 0.464 e. The van der Waals surface area contributed by atoms with Gasteiger partial charge in [-0.1, -0.05) is 18.2 Å². The van der Waals surface area contributed by atoms with E-state index in [9.17, 15) is 9.59 Å². The maximum absolute atomic E-state index is 11.4. The molecule has 1 aromatic carbocycles. The van der Waals surface area contributed by atoms with Gasteiger partial charge >= 0.3 is 5.97 Å². The molecule has 0 atom stereocenters. The molecule has 2 rings (SSSR count). The number of para-hydroxylation sites is 1.